The number of rotatable bonds is 5. The lowest BCUT2D eigenvalue weighted by atomic mass is 9.61. The van der Waals surface area contributed by atoms with Gasteiger partial charge in [0.15, 0.2) is 5.78 Å². The van der Waals surface area contributed by atoms with Crippen LogP contribution in [0.4, 0.5) is 0 Å². The van der Waals surface area contributed by atoms with E-state index in [2.05, 4.69) is 4.98 Å². The molecule has 2 atom stereocenters. The summed E-state index contributed by atoms with van der Waals surface area (Å²) < 4.78 is 10.1. The molecule has 7 heteroatoms. The van der Waals surface area contributed by atoms with Crippen LogP contribution in [0.25, 0.3) is 17.0 Å². The zero-order chi connectivity index (χ0) is 21.3. The SMILES string of the molecule is CCOC(=O)[C@@]12CCN(C[C@@H]1CC(=O)OC)/C(=C\c1ccnc3ccccc13)C2=O. The number of para-hydroxylation sites is 1. The number of esters is 2. The van der Waals surface area contributed by atoms with Crippen LogP contribution in [0.15, 0.2) is 42.2 Å². The molecule has 3 aliphatic heterocycles. The third-order valence-corrected chi connectivity index (χ3v) is 6.15. The van der Waals surface area contributed by atoms with Gasteiger partial charge in [-0.25, -0.2) is 0 Å². The van der Waals surface area contributed by atoms with Crippen LogP contribution < -0.4 is 0 Å². The Balaban J connectivity index is 1.79. The molecule has 0 N–H and O–H groups in total. The maximum atomic E-state index is 13.7. The molecule has 0 unspecified atom stereocenters. The van der Waals surface area contributed by atoms with E-state index in [4.69, 9.17) is 9.47 Å². The lowest BCUT2D eigenvalue weighted by molar-refractivity contribution is -0.173. The summed E-state index contributed by atoms with van der Waals surface area (Å²) in [5, 5.41) is 0.930. The second kappa shape index (κ2) is 7.89. The van der Waals surface area contributed by atoms with Crippen LogP contribution in [0.2, 0.25) is 0 Å². The molecule has 7 nitrogen and oxygen atoms in total. The van der Waals surface area contributed by atoms with E-state index in [9.17, 15) is 14.4 Å². The summed E-state index contributed by atoms with van der Waals surface area (Å²) in [4.78, 5) is 45.0. The zero-order valence-corrected chi connectivity index (χ0v) is 17.1. The molecule has 0 spiro atoms. The molecule has 3 aliphatic rings. The monoisotopic (exact) mass is 408 g/mol. The number of fused-ring (bicyclic) bond motifs is 4. The summed E-state index contributed by atoms with van der Waals surface area (Å²) in [6.07, 6.45) is 3.87. The van der Waals surface area contributed by atoms with Gasteiger partial charge in [-0.2, -0.15) is 0 Å². The topological polar surface area (TPSA) is 85.8 Å². The van der Waals surface area contributed by atoms with Gasteiger partial charge in [0, 0.05) is 30.6 Å². The van der Waals surface area contributed by atoms with E-state index in [1.54, 1.807) is 13.1 Å². The number of allylic oxidation sites excluding steroid dienone is 1. The Bertz CT molecular complexity index is 1040. The smallest absolute Gasteiger partial charge is 0.320 e. The normalized spacial score (nSPS) is 24.3. The van der Waals surface area contributed by atoms with Crippen molar-refractivity contribution in [2.24, 2.45) is 11.3 Å². The second-order valence-corrected chi connectivity index (χ2v) is 7.64. The van der Waals surface area contributed by atoms with E-state index in [0.29, 0.717) is 25.2 Å². The lowest BCUT2D eigenvalue weighted by Crippen LogP contribution is -2.63. The Morgan fingerprint density at radius 1 is 1.30 bits per heavy atom. The lowest BCUT2D eigenvalue weighted by Gasteiger charge is -2.52. The molecule has 4 heterocycles. The number of ether oxygens (including phenoxy) is 2. The highest BCUT2D eigenvalue weighted by atomic mass is 16.5. The van der Waals surface area contributed by atoms with Crippen LogP contribution in [-0.4, -0.2) is 54.4 Å². The fraction of sp³-hybridized carbons (Fsp3) is 0.391. The highest BCUT2D eigenvalue weighted by Gasteiger charge is 2.61. The maximum Gasteiger partial charge on any atom is 0.320 e. The van der Waals surface area contributed by atoms with Crippen LogP contribution in [0.5, 0.6) is 0 Å². The highest BCUT2D eigenvalue weighted by Crippen LogP contribution is 2.49. The maximum absolute atomic E-state index is 13.7. The van der Waals surface area contributed by atoms with Gasteiger partial charge in [-0.05, 0) is 37.1 Å². The largest absolute Gasteiger partial charge is 0.469 e. The molecule has 1 aromatic carbocycles. The van der Waals surface area contributed by atoms with Gasteiger partial charge in [-0.15, -0.1) is 0 Å². The van der Waals surface area contributed by atoms with Crippen LogP contribution in [0.3, 0.4) is 0 Å². The first-order valence-corrected chi connectivity index (χ1v) is 10.1. The van der Waals surface area contributed by atoms with E-state index < -0.39 is 23.3 Å². The molecule has 0 saturated carbocycles. The predicted molar refractivity (Wildman–Crippen MR) is 110 cm³/mol. The number of methoxy groups -OCH3 is 1. The molecule has 2 aromatic rings. The molecule has 30 heavy (non-hydrogen) atoms. The molecular formula is C23H24N2O5. The minimum Gasteiger partial charge on any atom is -0.469 e. The van der Waals surface area contributed by atoms with Crippen molar-refractivity contribution >= 4 is 34.7 Å². The van der Waals surface area contributed by atoms with Crippen molar-refractivity contribution in [1.82, 2.24) is 9.88 Å². The van der Waals surface area contributed by atoms with Crippen molar-refractivity contribution in [1.29, 1.82) is 0 Å². The van der Waals surface area contributed by atoms with Gasteiger partial charge in [0.2, 0.25) is 0 Å². The van der Waals surface area contributed by atoms with E-state index in [0.717, 1.165) is 16.5 Å². The fourth-order valence-electron chi connectivity index (χ4n) is 4.61. The van der Waals surface area contributed by atoms with Crippen molar-refractivity contribution in [2.45, 2.75) is 19.8 Å². The van der Waals surface area contributed by atoms with Crippen molar-refractivity contribution in [3.63, 3.8) is 0 Å². The quantitative estimate of drug-likeness (QED) is 0.427. The summed E-state index contributed by atoms with van der Waals surface area (Å²) in [5.41, 5.74) is 0.818. The van der Waals surface area contributed by atoms with Gasteiger partial charge in [-0.1, -0.05) is 18.2 Å². The summed E-state index contributed by atoms with van der Waals surface area (Å²) >= 11 is 0. The van der Waals surface area contributed by atoms with E-state index in [1.807, 2.05) is 41.3 Å². The van der Waals surface area contributed by atoms with E-state index in [1.165, 1.54) is 7.11 Å². The average Bonchev–Trinajstić information content (AvgIpc) is 2.76. The minimum absolute atomic E-state index is 0.00300. The fourth-order valence-corrected chi connectivity index (χ4v) is 4.61. The Morgan fingerprint density at radius 3 is 2.87 bits per heavy atom. The van der Waals surface area contributed by atoms with Crippen LogP contribution in [-0.2, 0) is 23.9 Å². The molecule has 0 amide bonds. The Labute approximate surface area is 174 Å². The average molecular weight is 408 g/mol. The van der Waals surface area contributed by atoms with Crippen molar-refractivity contribution in [2.75, 3.05) is 26.8 Å². The van der Waals surface area contributed by atoms with Crippen molar-refractivity contribution in [3.05, 3.63) is 47.8 Å². The molecule has 0 aliphatic carbocycles. The number of carbonyl (C=O) groups is 3. The molecule has 2 bridgehead atoms. The Morgan fingerprint density at radius 2 is 2.10 bits per heavy atom. The summed E-state index contributed by atoms with van der Waals surface area (Å²) in [7, 11) is 1.31. The van der Waals surface area contributed by atoms with E-state index >= 15 is 0 Å². The van der Waals surface area contributed by atoms with Crippen molar-refractivity contribution < 1.29 is 23.9 Å². The number of hydrogen-bond acceptors (Lipinski definition) is 7. The molecule has 5 rings (SSSR count). The van der Waals surface area contributed by atoms with Gasteiger partial charge in [0.25, 0.3) is 0 Å². The molecule has 3 fully saturated rings. The number of benzene rings is 1. The molecular weight excluding hydrogens is 384 g/mol. The Kier molecular flexibility index (Phi) is 5.28. The molecule has 156 valence electrons. The van der Waals surface area contributed by atoms with Crippen LogP contribution in [0, 0.1) is 11.3 Å². The number of aromatic nitrogens is 1. The summed E-state index contributed by atoms with van der Waals surface area (Å²) in [6.45, 7) is 2.87. The number of carbonyl (C=O) groups excluding carboxylic acids is 3. The van der Waals surface area contributed by atoms with Gasteiger partial charge < -0.3 is 14.4 Å². The van der Waals surface area contributed by atoms with E-state index in [-0.39, 0.29) is 18.8 Å². The zero-order valence-electron chi connectivity index (χ0n) is 17.1. The minimum atomic E-state index is -1.35. The van der Waals surface area contributed by atoms with Crippen LogP contribution >= 0.6 is 0 Å². The highest BCUT2D eigenvalue weighted by molar-refractivity contribution is 6.16. The third kappa shape index (κ3) is 3.14. The second-order valence-electron chi connectivity index (χ2n) is 7.64. The number of nitrogens with zero attached hydrogens (tertiary/aromatic N) is 2. The number of piperidine rings is 3. The first-order valence-electron chi connectivity index (χ1n) is 10.1. The third-order valence-electron chi connectivity index (χ3n) is 6.15. The van der Waals surface area contributed by atoms with Crippen molar-refractivity contribution in [3.8, 4) is 0 Å². The first-order chi connectivity index (χ1) is 14.5. The van der Waals surface area contributed by atoms with Gasteiger partial charge in [0.1, 0.15) is 5.41 Å². The molecule has 0 radical (unpaired) electrons. The summed E-state index contributed by atoms with van der Waals surface area (Å²) in [5.74, 6) is -1.74. The number of Topliss-reactive ketones (excluding diaryl/α,β-unsaturated/α-hetero) is 1. The molecule has 3 saturated heterocycles. The number of ketones is 1. The van der Waals surface area contributed by atoms with Gasteiger partial charge >= 0.3 is 11.9 Å². The van der Waals surface area contributed by atoms with Gasteiger partial charge in [-0.3, -0.25) is 19.4 Å². The van der Waals surface area contributed by atoms with Crippen LogP contribution in [0.1, 0.15) is 25.3 Å². The first kappa shape index (κ1) is 20.1. The number of hydrogen-bond donors (Lipinski definition) is 0. The number of pyridine rings is 1. The van der Waals surface area contributed by atoms with Gasteiger partial charge in [0.05, 0.1) is 31.4 Å². The molecule has 1 aromatic heterocycles. The summed E-state index contributed by atoms with van der Waals surface area (Å²) in [6, 6.07) is 9.56. The Hall–Kier alpha value is -3.22. The standard InChI is InChI=1S/C23H24N2O5/c1-3-30-22(28)23-9-11-25(14-16(23)13-20(26)29-2)19(21(23)27)12-15-8-10-24-18-7-5-4-6-17(15)18/h4-8,10,12,16H,3,9,11,13-14H2,1-2H3/b19-12-/t16-,23-/m0/s1. The predicted octanol–water partition coefficient (Wildman–Crippen LogP) is 2.59.